The van der Waals surface area contributed by atoms with E-state index >= 15 is 0 Å². The molecule has 2 N–H and O–H groups in total. The molecule has 1 aromatic heterocycles. The number of nitrogens with one attached hydrogen (secondary N) is 2. The number of hydrogen-bond acceptors (Lipinski definition) is 4. The Labute approximate surface area is 155 Å². The van der Waals surface area contributed by atoms with E-state index in [-0.39, 0.29) is 30.9 Å². The molecule has 0 spiro atoms. The second kappa shape index (κ2) is 6.81. The second-order valence-electron chi connectivity index (χ2n) is 6.79. The van der Waals surface area contributed by atoms with Crippen LogP contribution in [0.3, 0.4) is 0 Å². The fourth-order valence-electron chi connectivity index (χ4n) is 3.41. The lowest BCUT2D eigenvalue weighted by Crippen LogP contribution is -2.58. The molecular formula is C19H20FN3O2S. The van der Waals surface area contributed by atoms with Crippen LogP contribution in [0.15, 0.2) is 42.5 Å². The van der Waals surface area contributed by atoms with Crippen LogP contribution < -0.4 is 10.6 Å². The first-order valence-corrected chi connectivity index (χ1v) is 9.55. The lowest BCUT2D eigenvalue weighted by atomic mass is 9.88. The second-order valence-corrected chi connectivity index (χ2v) is 7.88. The van der Waals surface area contributed by atoms with Gasteiger partial charge in [0.05, 0.1) is 29.0 Å². The monoisotopic (exact) mass is 373 g/mol. The van der Waals surface area contributed by atoms with Crippen molar-refractivity contribution in [2.45, 2.75) is 24.6 Å². The van der Waals surface area contributed by atoms with E-state index in [4.69, 9.17) is 0 Å². The number of halogens is 1. The van der Waals surface area contributed by atoms with Gasteiger partial charge in [0, 0.05) is 0 Å². The van der Waals surface area contributed by atoms with Crippen molar-refractivity contribution in [3.05, 3.63) is 52.9 Å². The summed E-state index contributed by atoms with van der Waals surface area (Å²) in [6.45, 7) is 0.969. The Balaban J connectivity index is 1.36. The Morgan fingerprint density at radius 3 is 2.65 bits per heavy atom. The molecule has 0 saturated carbocycles. The van der Waals surface area contributed by atoms with Crippen molar-refractivity contribution in [1.82, 2.24) is 10.2 Å². The molecule has 2 aromatic rings. The zero-order chi connectivity index (χ0) is 18.1. The highest BCUT2D eigenvalue weighted by atomic mass is 32.1. The Morgan fingerprint density at radius 1 is 1.19 bits per heavy atom. The quantitative estimate of drug-likeness (QED) is 0.866. The number of carbonyl (C=O) groups is 2. The summed E-state index contributed by atoms with van der Waals surface area (Å²) in [5.74, 6) is -0.266. The molecule has 1 atom stereocenters. The number of hydrogen-bond donors (Lipinski definition) is 2. The maximum Gasteiger partial charge on any atom is 0.264 e. The minimum Gasteiger partial charge on any atom is -0.331 e. The van der Waals surface area contributed by atoms with E-state index in [0.29, 0.717) is 15.4 Å². The van der Waals surface area contributed by atoms with Crippen LogP contribution in [0, 0.1) is 0 Å². The molecule has 2 amide bonds. The van der Waals surface area contributed by atoms with Gasteiger partial charge in [0.2, 0.25) is 5.91 Å². The van der Waals surface area contributed by atoms with E-state index in [9.17, 15) is 14.0 Å². The van der Waals surface area contributed by atoms with Crippen LogP contribution in [0.25, 0.3) is 0 Å². The average Bonchev–Trinajstić information content (AvgIpc) is 3.31. The molecule has 0 aliphatic carbocycles. The van der Waals surface area contributed by atoms with E-state index in [2.05, 4.69) is 10.6 Å². The summed E-state index contributed by atoms with van der Waals surface area (Å²) < 4.78 is 14.9. The van der Waals surface area contributed by atoms with Gasteiger partial charge in [-0.25, -0.2) is 4.39 Å². The van der Waals surface area contributed by atoms with Crippen LogP contribution >= 0.6 is 11.3 Å². The lowest BCUT2D eigenvalue weighted by Gasteiger charge is -2.44. The Hall–Kier alpha value is -2.25. The van der Waals surface area contributed by atoms with Crippen molar-refractivity contribution in [2.75, 3.05) is 25.0 Å². The summed E-state index contributed by atoms with van der Waals surface area (Å²) in [5, 5.41) is 6.63. The molecule has 5 nitrogen and oxygen atoms in total. The zero-order valence-electron chi connectivity index (χ0n) is 14.2. The number of anilines is 1. The molecule has 2 saturated heterocycles. The first kappa shape index (κ1) is 17.2. The first-order valence-electron chi connectivity index (χ1n) is 8.73. The third-order valence-corrected chi connectivity index (χ3v) is 5.89. The molecule has 0 radical (unpaired) electrons. The lowest BCUT2D eigenvalue weighted by molar-refractivity contribution is -0.117. The van der Waals surface area contributed by atoms with Gasteiger partial charge >= 0.3 is 0 Å². The highest BCUT2D eigenvalue weighted by Crippen LogP contribution is 2.37. The van der Waals surface area contributed by atoms with Gasteiger partial charge < -0.3 is 15.5 Å². The van der Waals surface area contributed by atoms with Gasteiger partial charge in [-0.05, 0) is 37.1 Å². The van der Waals surface area contributed by atoms with Gasteiger partial charge in [0.1, 0.15) is 0 Å². The van der Waals surface area contributed by atoms with Gasteiger partial charge in [0.15, 0.2) is 5.67 Å². The summed E-state index contributed by atoms with van der Waals surface area (Å²) in [5.41, 5.74) is -0.869. The SMILES string of the molecule is O=C(Nc1ccc(C(=O)N2CC(F)(c3ccccc3)C2)s1)[C@@H]1CCCN1. The van der Waals surface area contributed by atoms with E-state index in [1.165, 1.54) is 16.2 Å². The summed E-state index contributed by atoms with van der Waals surface area (Å²) in [7, 11) is 0. The average molecular weight is 373 g/mol. The van der Waals surface area contributed by atoms with Crippen molar-refractivity contribution in [1.29, 1.82) is 0 Å². The minimum absolute atomic E-state index is 0.0570. The summed E-state index contributed by atoms with van der Waals surface area (Å²) >= 11 is 1.23. The largest absolute Gasteiger partial charge is 0.331 e. The maximum atomic E-state index is 14.9. The van der Waals surface area contributed by atoms with E-state index < -0.39 is 5.67 Å². The highest BCUT2D eigenvalue weighted by molar-refractivity contribution is 7.18. The minimum atomic E-state index is -1.47. The molecule has 4 rings (SSSR count). The molecule has 0 bridgehead atoms. The molecule has 3 heterocycles. The predicted molar refractivity (Wildman–Crippen MR) is 99.1 cm³/mol. The summed E-state index contributed by atoms with van der Waals surface area (Å²) in [6, 6.07) is 12.2. The molecule has 1 aromatic carbocycles. The fourth-order valence-corrected chi connectivity index (χ4v) is 4.29. The topological polar surface area (TPSA) is 61.4 Å². The van der Waals surface area contributed by atoms with Crippen molar-refractivity contribution in [3.63, 3.8) is 0 Å². The summed E-state index contributed by atoms with van der Waals surface area (Å²) in [6.07, 6.45) is 1.82. The van der Waals surface area contributed by atoms with E-state index in [1.807, 2.05) is 6.07 Å². The number of nitrogens with zero attached hydrogens (tertiary/aromatic N) is 1. The Morgan fingerprint density at radius 2 is 1.96 bits per heavy atom. The van der Waals surface area contributed by atoms with Gasteiger partial charge in [-0.15, -0.1) is 11.3 Å². The van der Waals surface area contributed by atoms with Crippen molar-refractivity contribution >= 4 is 28.2 Å². The van der Waals surface area contributed by atoms with Crippen LogP contribution in [0.5, 0.6) is 0 Å². The fraction of sp³-hybridized carbons (Fsp3) is 0.368. The Kier molecular flexibility index (Phi) is 4.50. The van der Waals surface area contributed by atoms with Crippen LogP contribution in [-0.4, -0.2) is 42.4 Å². The van der Waals surface area contributed by atoms with Gasteiger partial charge in [0.25, 0.3) is 5.91 Å². The third kappa shape index (κ3) is 3.24. The number of thiophene rings is 1. The number of carbonyl (C=O) groups excluding carboxylic acids is 2. The molecule has 7 heteroatoms. The molecule has 2 fully saturated rings. The molecule has 136 valence electrons. The van der Waals surface area contributed by atoms with Gasteiger partial charge in [-0.3, -0.25) is 9.59 Å². The van der Waals surface area contributed by atoms with E-state index in [0.717, 1.165) is 19.4 Å². The molecular weight excluding hydrogens is 353 g/mol. The number of likely N-dealkylation sites (tertiary alicyclic amines) is 1. The van der Waals surface area contributed by atoms with Crippen molar-refractivity contribution in [3.8, 4) is 0 Å². The molecule has 2 aliphatic rings. The number of rotatable bonds is 4. The Bertz CT molecular complexity index is 811. The highest BCUT2D eigenvalue weighted by Gasteiger charge is 2.47. The third-order valence-electron chi connectivity index (χ3n) is 4.90. The number of alkyl halides is 1. The first-order chi connectivity index (χ1) is 12.5. The smallest absolute Gasteiger partial charge is 0.264 e. The van der Waals surface area contributed by atoms with Crippen molar-refractivity contribution < 1.29 is 14.0 Å². The van der Waals surface area contributed by atoms with Crippen LogP contribution in [0.2, 0.25) is 0 Å². The molecule has 2 aliphatic heterocycles. The van der Waals surface area contributed by atoms with E-state index in [1.54, 1.807) is 36.4 Å². The predicted octanol–water partition coefficient (Wildman–Crippen LogP) is 2.76. The normalized spacial score (nSPS) is 21.3. The zero-order valence-corrected chi connectivity index (χ0v) is 15.0. The van der Waals surface area contributed by atoms with Gasteiger partial charge in [-0.1, -0.05) is 30.3 Å². The molecule has 0 unspecified atom stereocenters. The number of amides is 2. The standard InChI is InChI=1S/C19H20FN3O2S/c20-19(13-5-2-1-3-6-13)11-23(12-19)18(25)15-8-9-16(26-15)22-17(24)14-7-4-10-21-14/h1-3,5-6,8-9,14,21H,4,7,10-12H2,(H,22,24)/t14-/m0/s1. The van der Waals surface area contributed by atoms with Crippen LogP contribution in [0.1, 0.15) is 28.1 Å². The van der Waals surface area contributed by atoms with Crippen LogP contribution in [-0.2, 0) is 10.5 Å². The van der Waals surface area contributed by atoms with Gasteiger partial charge in [-0.2, -0.15) is 0 Å². The van der Waals surface area contributed by atoms with Crippen molar-refractivity contribution in [2.24, 2.45) is 0 Å². The maximum absolute atomic E-state index is 14.9. The summed E-state index contributed by atoms with van der Waals surface area (Å²) in [4.78, 5) is 26.7. The van der Waals surface area contributed by atoms with Crippen LogP contribution in [0.4, 0.5) is 9.39 Å². The number of benzene rings is 1. The molecule has 26 heavy (non-hydrogen) atoms.